The predicted octanol–water partition coefficient (Wildman–Crippen LogP) is 1.38. The third kappa shape index (κ3) is 5.14. The standard InChI is InChI=1S/C16H21N5O/c1-21(2)9-8-18-14-5-6-15(19-12-14)16(22)20-11-13-4-3-7-17-10-13/h3-7,10,12,18H,8-9,11H2,1-2H3,(H,20,22). The fourth-order valence-corrected chi connectivity index (χ4v) is 1.83. The fourth-order valence-electron chi connectivity index (χ4n) is 1.83. The number of hydrogen-bond donors (Lipinski definition) is 2. The van der Waals surface area contributed by atoms with E-state index in [1.807, 2.05) is 32.3 Å². The van der Waals surface area contributed by atoms with Gasteiger partial charge in [0.2, 0.25) is 0 Å². The van der Waals surface area contributed by atoms with Crippen molar-refractivity contribution in [3.63, 3.8) is 0 Å². The van der Waals surface area contributed by atoms with Gasteiger partial charge in [-0.25, -0.2) is 4.98 Å². The van der Waals surface area contributed by atoms with E-state index in [0.717, 1.165) is 24.3 Å². The Morgan fingerprint density at radius 3 is 2.73 bits per heavy atom. The van der Waals surface area contributed by atoms with Gasteiger partial charge in [-0.05, 0) is 37.9 Å². The second-order valence-corrected chi connectivity index (χ2v) is 5.21. The quantitative estimate of drug-likeness (QED) is 0.808. The molecule has 6 heteroatoms. The SMILES string of the molecule is CN(C)CCNc1ccc(C(=O)NCc2cccnc2)nc1. The summed E-state index contributed by atoms with van der Waals surface area (Å²) in [6.07, 6.45) is 5.11. The van der Waals surface area contributed by atoms with Crippen molar-refractivity contribution in [1.82, 2.24) is 20.2 Å². The van der Waals surface area contributed by atoms with Gasteiger partial charge >= 0.3 is 0 Å². The summed E-state index contributed by atoms with van der Waals surface area (Å²) in [6, 6.07) is 7.34. The topological polar surface area (TPSA) is 70.2 Å². The van der Waals surface area contributed by atoms with E-state index in [-0.39, 0.29) is 5.91 Å². The molecule has 0 saturated heterocycles. The minimum Gasteiger partial charge on any atom is -0.383 e. The van der Waals surface area contributed by atoms with E-state index in [1.54, 1.807) is 24.7 Å². The van der Waals surface area contributed by atoms with Crippen LogP contribution >= 0.6 is 0 Å². The zero-order valence-electron chi connectivity index (χ0n) is 12.9. The Bertz CT molecular complexity index is 583. The van der Waals surface area contributed by atoms with Crippen LogP contribution in [0.3, 0.4) is 0 Å². The molecule has 0 fully saturated rings. The average Bonchev–Trinajstić information content (AvgIpc) is 2.54. The number of likely N-dealkylation sites (N-methyl/N-ethyl adjacent to an activating group) is 1. The van der Waals surface area contributed by atoms with Crippen molar-refractivity contribution in [2.45, 2.75) is 6.54 Å². The van der Waals surface area contributed by atoms with E-state index in [9.17, 15) is 4.79 Å². The molecular formula is C16H21N5O. The van der Waals surface area contributed by atoms with Crippen molar-refractivity contribution in [3.05, 3.63) is 54.1 Å². The number of anilines is 1. The molecule has 2 rings (SSSR count). The molecule has 6 nitrogen and oxygen atoms in total. The maximum atomic E-state index is 12.0. The van der Waals surface area contributed by atoms with Crippen molar-refractivity contribution < 1.29 is 4.79 Å². The lowest BCUT2D eigenvalue weighted by molar-refractivity contribution is 0.0946. The third-order valence-corrected chi connectivity index (χ3v) is 3.06. The zero-order valence-corrected chi connectivity index (χ0v) is 12.9. The summed E-state index contributed by atoms with van der Waals surface area (Å²) >= 11 is 0. The molecule has 0 unspecified atom stereocenters. The van der Waals surface area contributed by atoms with Crippen LogP contribution in [0.25, 0.3) is 0 Å². The van der Waals surface area contributed by atoms with Crippen molar-refractivity contribution >= 4 is 11.6 Å². The highest BCUT2D eigenvalue weighted by atomic mass is 16.1. The molecule has 1 amide bonds. The van der Waals surface area contributed by atoms with Crippen LogP contribution in [0.1, 0.15) is 16.1 Å². The van der Waals surface area contributed by atoms with Crippen LogP contribution in [0, 0.1) is 0 Å². The van der Waals surface area contributed by atoms with Gasteiger partial charge in [-0.3, -0.25) is 9.78 Å². The molecule has 2 heterocycles. The van der Waals surface area contributed by atoms with Gasteiger partial charge in [0.15, 0.2) is 0 Å². The lowest BCUT2D eigenvalue weighted by atomic mass is 10.2. The van der Waals surface area contributed by atoms with E-state index in [1.165, 1.54) is 0 Å². The average molecular weight is 299 g/mol. The number of carbonyl (C=O) groups is 1. The Morgan fingerprint density at radius 2 is 2.09 bits per heavy atom. The van der Waals surface area contributed by atoms with Crippen LogP contribution in [0.4, 0.5) is 5.69 Å². The number of nitrogens with zero attached hydrogens (tertiary/aromatic N) is 3. The zero-order chi connectivity index (χ0) is 15.8. The molecular weight excluding hydrogens is 278 g/mol. The van der Waals surface area contributed by atoms with Crippen molar-refractivity contribution in [2.24, 2.45) is 0 Å². The van der Waals surface area contributed by atoms with Crippen molar-refractivity contribution in [2.75, 3.05) is 32.5 Å². The van der Waals surface area contributed by atoms with Gasteiger partial charge in [0.1, 0.15) is 5.69 Å². The summed E-state index contributed by atoms with van der Waals surface area (Å²) < 4.78 is 0. The van der Waals surface area contributed by atoms with Gasteiger partial charge in [-0.1, -0.05) is 6.07 Å². The number of nitrogens with one attached hydrogen (secondary N) is 2. The molecule has 2 aromatic rings. The molecule has 0 aliphatic rings. The summed E-state index contributed by atoms with van der Waals surface area (Å²) in [7, 11) is 4.05. The molecule has 22 heavy (non-hydrogen) atoms. The summed E-state index contributed by atoms with van der Waals surface area (Å²) in [5.74, 6) is -0.191. The summed E-state index contributed by atoms with van der Waals surface area (Å²) in [5.41, 5.74) is 2.27. The summed E-state index contributed by atoms with van der Waals surface area (Å²) in [4.78, 5) is 22.3. The molecule has 0 atom stereocenters. The number of aromatic nitrogens is 2. The molecule has 116 valence electrons. The molecule has 0 aliphatic heterocycles. The monoisotopic (exact) mass is 299 g/mol. The number of rotatable bonds is 7. The first-order valence-electron chi connectivity index (χ1n) is 7.17. The smallest absolute Gasteiger partial charge is 0.270 e. The number of carbonyl (C=O) groups excluding carboxylic acids is 1. The molecule has 2 N–H and O–H groups in total. The molecule has 0 spiro atoms. The van der Waals surface area contributed by atoms with Gasteiger partial charge in [-0.2, -0.15) is 0 Å². The molecule has 0 aliphatic carbocycles. The number of pyridine rings is 2. The van der Waals surface area contributed by atoms with Crippen LogP contribution in [0.5, 0.6) is 0 Å². The second-order valence-electron chi connectivity index (χ2n) is 5.21. The fraction of sp³-hybridized carbons (Fsp3) is 0.312. The highest BCUT2D eigenvalue weighted by Gasteiger charge is 2.06. The maximum absolute atomic E-state index is 12.0. The predicted molar refractivity (Wildman–Crippen MR) is 86.7 cm³/mol. The number of amides is 1. The summed E-state index contributed by atoms with van der Waals surface area (Å²) in [5, 5.41) is 6.08. The molecule has 0 bridgehead atoms. The van der Waals surface area contributed by atoms with E-state index >= 15 is 0 Å². The maximum Gasteiger partial charge on any atom is 0.270 e. The van der Waals surface area contributed by atoms with Crippen molar-refractivity contribution in [3.8, 4) is 0 Å². The highest BCUT2D eigenvalue weighted by molar-refractivity contribution is 5.92. The molecule has 2 aromatic heterocycles. The largest absolute Gasteiger partial charge is 0.383 e. The van der Waals surface area contributed by atoms with Crippen molar-refractivity contribution in [1.29, 1.82) is 0 Å². The minimum atomic E-state index is -0.191. The minimum absolute atomic E-state index is 0.191. The van der Waals surface area contributed by atoms with Crippen LogP contribution in [-0.2, 0) is 6.54 Å². The lowest BCUT2D eigenvalue weighted by Gasteiger charge is -2.11. The molecule has 0 saturated carbocycles. The Hall–Kier alpha value is -2.47. The van der Waals surface area contributed by atoms with Crippen LogP contribution in [0.15, 0.2) is 42.9 Å². The Labute approximate surface area is 130 Å². The van der Waals surface area contributed by atoms with E-state index in [2.05, 4.69) is 25.5 Å². The third-order valence-electron chi connectivity index (χ3n) is 3.06. The first kappa shape index (κ1) is 15.9. The van der Waals surface area contributed by atoms with Crippen LogP contribution in [0.2, 0.25) is 0 Å². The van der Waals surface area contributed by atoms with Crippen LogP contribution in [-0.4, -0.2) is 48.0 Å². The molecule has 0 aromatic carbocycles. The molecule has 0 radical (unpaired) electrons. The van der Waals surface area contributed by atoms with Gasteiger partial charge in [0.25, 0.3) is 5.91 Å². The number of hydrogen-bond acceptors (Lipinski definition) is 5. The van der Waals surface area contributed by atoms with Crippen LogP contribution < -0.4 is 10.6 Å². The van der Waals surface area contributed by atoms with E-state index in [0.29, 0.717) is 12.2 Å². The lowest BCUT2D eigenvalue weighted by Crippen LogP contribution is -2.24. The Kier molecular flexibility index (Phi) is 5.85. The summed E-state index contributed by atoms with van der Waals surface area (Å²) in [6.45, 7) is 2.21. The van der Waals surface area contributed by atoms with Gasteiger partial charge < -0.3 is 15.5 Å². The Morgan fingerprint density at radius 1 is 1.23 bits per heavy atom. The van der Waals surface area contributed by atoms with E-state index in [4.69, 9.17) is 0 Å². The van der Waals surface area contributed by atoms with Gasteiger partial charge in [0.05, 0.1) is 11.9 Å². The van der Waals surface area contributed by atoms with Gasteiger partial charge in [0, 0.05) is 32.0 Å². The Balaban J connectivity index is 1.83. The van der Waals surface area contributed by atoms with Gasteiger partial charge in [-0.15, -0.1) is 0 Å². The first-order chi connectivity index (χ1) is 10.6. The van der Waals surface area contributed by atoms with E-state index < -0.39 is 0 Å². The highest BCUT2D eigenvalue weighted by Crippen LogP contribution is 2.06. The second kappa shape index (κ2) is 8.09. The normalized spacial score (nSPS) is 10.5. The first-order valence-corrected chi connectivity index (χ1v) is 7.17.